The van der Waals surface area contributed by atoms with Crippen LogP contribution in [0.5, 0.6) is 5.75 Å². The topological polar surface area (TPSA) is 150 Å². The lowest BCUT2D eigenvalue weighted by molar-refractivity contribution is -0.136. The Morgan fingerprint density at radius 1 is 0.800 bits per heavy atom. The number of para-hydroxylation sites is 2. The number of hydrogen-bond acceptors (Lipinski definition) is 8. The van der Waals surface area contributed by atoms with Crippen molar-refractivity contribution in [2.75, 3.05) is 29.6 Å². The van der Waals surface area contributed by atoms with Gasteiger partial charge in [0.15, 0.2) is 5.82 Å². The van der Waals surface area contributed by atoms with Crippen LogP contribution in [0.25, 0.3) is 11.1 Å². The molecule has 4 aromatic carbocycles. The summed E-state index contributed by atoms with van der Waals surface area (Å²) in [5.74, 6) is 0.0356. The van der Waals surface area contributed by atoms with Crippen LogP contribution in [0.15, 0.2) is 103 Å². The minimum Gasteiger partial charge on any atom is -0.495 e. The van der Waals surface area contributed by atoms with Crippen molar-refractivity contribution in [3.63, 3.8) is 0 Å². The Morgan fingerprint density at radius 2 is 1.51 bits per heavy atom. The maximum absolute atomic E-state index is 13.1. The number of nitrogens with one attached hydrogen (secondary N) is 4. The number of carbonyl (C=O) groups excluding carboxylic acids is 1. The Balaban J connectivity index is 1.48. The van der Waals surface area contributed by atoms with Crippen molar-refractivity contribution >= 4 is 35.3 Å². The van der Waals surface area contributed by atoms with E-state index in [0.29, 0.717) is 11.4 Å². The molecule has 0 fully saturated rings. The van der Waals surface area contributed by atoms with Crippen LogP contribution in [0, 0.1) is 6.92 Å². The van der Waals surface area contributed by atoms with Crippen LogP contribution in [0.3, 0.4) is 0 Å². The molecule has 0 spiro atoms. The molecule has 0 aliphatic rings. The predicted octanol–water partition coefficient (Wildman–Crippen LogP) is 6.40. The molecule has 11 heteroatoms. The number of methoxy groups -OCH3 is 1. The van der Waals surface area contributed by atoms with Crippen LogP contribution < -0.4 is 26.0 Å². The number of aromatic nitrogens is 3. The molecule has 0 radical (unpaired) electrons. The summed E-state index contributed by atoms with van der Waals surface area (Å²) >= 11 is 0. The minimum atomic E-state index is -0.933. The van der Waals surface area contributed by atoms with Gasteiger partial charge in [-0.1, -0.05) is 84.4 Å². The van der Waals surface area contributed by atoms with E-state index >= 15 is 0 Å². The van der Waals surface area contributed by atoms with E-state index in [4.69, 9.17) is 9.72 Å². The molecular weight excluding hydrogens is 570 g/mol. The maximum atomic E-state index is 13.1. The summed E-state index contributed by atoms with van der Waals surface area (Å²) in [6.07, 6.45) is -0.0985. The van der Waals surface area contributed by atoms with E-state index in [-0.39, 0.29) is 30.7 Å². The average molecular weight is 604 g/mol. The van der Waals surface area contributed by atoms with Crippen molar-refractivity contribution < 1.29 is 19.4 Å². The fraction of sp³-hybridized carbons (Fsp3) is 0.147. The van der Waals surface area contributed by atoms with Gasteiger partial charge in [0.25, 0.3) is 0 Å². The number of urea groups is 1. The van der Waals surface area contributed by atoms with Crippen LogP contribution in [-0.2, 0) is 4.79 Å². The van der Waals surface area contributed by atoms with Crippen molar-refractivity contribution in [1.29, 1.82) is 0 Å². The van der Waals surface area contributed by atoms with E-state index in [0.717, 1.165) is 27.9 Å². The lowest BCUT2D eigenvalue weighted by Gasteiger charge is -2.20. The first kappa shape index (κ1) is 30.6. The van der Waals surface area contributed by atoms with Crippen LogP contribution in [0.2, 0.25) is 0 Å². The van der Waals surface area contributed by atoms with Gasteiger partial charge in [0, 0.05) is 12.2 Å². The van der Waals surface area contributed by atoms with E-state index in [1.54, 1.807) is 24.3 Å². The molecule has 45 heavy (non-hydrogen) atoms. The summed E-state index contributed by atoms with van der Waals surface area (Å²) in [5.41, 5.74) is 5.17. The van der Waals surface area contributed by atoms with Gasteiger partial charge in [0.1, 0.15) is 5.75 Å². The largest absolute Gasteiger partial charge is 0.495 e. The van der Waals surface area contributed by atoms with Crippen molar-refractivity contribution in [3.05, 3.63) is 120 Å². The molecule has 11 nitrogen and oxygen atoms in total. The number of ether oxygens (including phenoxy) is 1. The van der Waals surface area contributed by atoms with Gasteiger partial charge in [-0.05, 0) is 47.9 Å². The summed E-state index contributed by atoms with van der Waals surface area (Å²) in [5, 5.41) is 21.2. The third-order valence-corrected chi connectivity index (χ3v) is 6.80. The first-order valence-electron chi connectivity index (χ1n) is 14.3. The summed E-state index contributed by atoms with van der Waals surface area (Å²) in [6.45, 7) is 2.13. The smallest absolute Gasteiger partial charge is 0.326 e. The molecule has 5 N–H and O–H groups in total. The fourth-order valence-corrected chi connectivity index (χ4v) is 4.67. The van der Waals surface area contributed by atoms with Gasteiger partial charge in [-0.15, -0.1) is 0 Å². The Morgan fingerprint density at radius 3 is 2.24 bits per heavy atom. The van der Waals surface area contributed by atoms with Gasteiger partial charge >= 0.3 is 12.0 Å². The third-order valence-electron chi connectivity index (χ3n) is 6.80. The Kier molecular flexibility index (Phi) is 9.93. The Hall–Kier alpha value is -5.81. The first-order chi connectivity index (χ1) is 21.9. The molecule has 1 atom stereocenters. The maximum Gasteiger partial charge on any atom is 0.326 e. The van der Waals surface area contributed by atoms with Crippen LogP contribution in [0.1, 0.15) is 29.4 Å². The van der Waals surface area contributed by atoms with Crippen molar-refractivity contribution in [3.8, 4) is 16.9 Å². The van der Waals surface area contributed by atoms with E-state index in [1.807, 2.05) is 85.8 Å². The summed E-state index contributed by atoms with van der Waals surface area (Å²) < 4.78 is 5.34. The van der Waals surface area contributed by atoms with E-state index < -0.39 is 18.0 Å². The second kappa shape index (κ2) is 14.6. The molecule has 1 unspecified atom stereocenters. The zero-order valence-corrected chi connectivity index (χ0v) is 24.8. The monoisotopic (exact) mass is 603 g/mol. The van der Waals surface area contributed by atoms with Crippen molar-refractivity contribution in [2.45, 2.75) is 19.4 Å². The molecule has 5 aromatic rings. The molecule has 0 saturated heterocycles. The molecule has 2 amide bonds. The van der Waals surface area contributed by atoms with Crippen molar-refractivity contribution in [1.82, 2.24) is 20.3 Å². The molecule has 0 aliphatic carbocycles. The SMILES string of the molecule is COc1ccccc1NC(=O)Nc1nc(Nc2ccc(-c3ccccc3)cc2)nc(C(NCCC(=O)O)c2cccc(C)c2)n1. The number of amides is 2. The number of aryl methyl sites for hydroxylation is 1. The van der Waals surface area contributed by atoms with Gasteiger partial charge in [-0.3, -0.25) is 10.1 Å². The fourth-order valence-electron chi connectivity index (χ4n) is 4.67. The number of rotatable bonds is 12. The van der Waals surface area contributed by atoms with Gasteiger partial charge in [-0.2, -0.15) is 15.0 Å². The minimum absolute atomic E-state index is 0.00603. The van der Waals surface area contributed by atoms with Gasteiger partial charge in [0.05, 0.1) is 25.3 Å². The van der Waals surface area contributed by atoms with Gasteiger partial charge < -0.3 is 25.8 Å². The summed E-state index contributed by atoms with van der Waals surface area (Å²) in [6, 6.07) is 31.4. The number of benzene rings is 4. The molecule has 0 aliphatic heterocycles. The molecule has 228 valence electrons. The zero-order chi connectivity index (χ0) is 31.6. The predicted molar refractivity (Wildman–Crippen MR) is 174 cm³/mol. The molecule has 5 rings (SSSR count). The van der Waals surface area contributed by atoms with Gasteiger partial charge in [-0.25, -0.2) is 4.79 Å². The third kappa shape index (κ3) is 8.39. The normalized spacial score (nSPS) is 11.3. The van der Waals surface area contributed by atoms with E-state index in [9.17, 15) is 14.7 Å². The number of anilines is 4. The van der Waals surface area contributed by atoms with E-state index in [2.05, 4.69) is 31.2 Å². The standard InChI is InChI=1S/C34H33N7O4/c1-22-9-8-12-25(21-22)30(35-20-19-29(42)43)31-38-32(36-26-17-15-24(16-18-26)23-10-4-3-5-11-23)40-33(39-31)41-34(44)37-27-13-6-7-14-28(27)45-2/h3-18,21,30,35H,19-20H2,1-2H3,(H,42,43)(H3,36,37,38,39,40,41,44). The molecule has 0 saturated carbocycles. The highest BCUT2D eigenvalue weighted by molar-refractivity contribution is 5.99. The summed E-state index contributed by atoms with van der Waals surface area (Å²) in [7, 11) is 1.52. The highest BCUT2D eigenvalue weighted by atomic mass is 16.5. The van der Waals surface area contributed by atoms with Crippen LogP contribution in [0.4, 0.5) is 28.1 Å². The second-order valence-corrected chi connectivity index (χ2v) is 10.1. The average Bonchev–Trinajstić information content (AvgIpc) is 3.04. The molecule has 0 bridgehead atoms. The lowest BCUT2D eigenvalue weighted by Crippen LogP contribution is -2.28. The van der Waals surface area contributed by atoms with Gasteiger partial charge in [0.2, 0.25) is 11.9 Å². The number of carboxylic acid groups (broad SMARTS) is 1. The highest BCUT2D eigenvalue weighted by Crippen LogP contribution is 2.26. The number of nitrogens with zero attached hydrogens (tertiary/aromatic N) is 3. The van der Waals surface area contributed by atoms with E-state index in [1.165, 1.54) is 7.11 Å². The lowest BCUT2D eigenvalue weighted by atomic mass is 10.0. The second-order valence-electron chi connectivity index (χ2n) is 10.1. The number of carboxylic acids is 1. The number of aliphatic carboxylic acids is 1. The molecule has 1 heterocycles. The Bertz CT molecular complexity index is 1760. The van der Waals surface area contributed by atoms with Crippen molar-refractivity contribution in [2.24, 2.45) is 0 Å². The van der Waals surface area contributed by atoms with Crippen LogP contribution >= 0.6 is 0 Å². The molecular formula is C34H33N7O4. The highest BCUT2D eigenvalue weighted by Gasteiger charge is 2.21. The summed E-state index contributed by atoms with van der Waals surface area (Å²) in [4.78, 5) is 38.1. The van der Waals surface area contributed by atoms with Crippen LogP contribution in [-0.4, -0.2) is 45.7 Å². The number of carbonyl (C=O) groups is 2. The zero-order valence-electron chi connectivity index (χ0n) is 24.8. The number of hydrogen-bond donors (Lipinski definition) is 5. The first-order valence-corrected chi connectivity index (χ1v) is 14.3. The Labute approximate surface area is 260 Å². The molecule has 1 aromatic heterocycles. The quantitative estimate of drug-likeness (QED) is 0.109.